The molecule has 0 aliphatic carbocycles. The summed E-state index contributed by atoms with van der Waals surface area (Å²) in [6.07, 6.45) is 6.93. The molecule has 2 nitrogen and oxygen atoms in total. The number of carbonyl (C=O) groups excluding carboxylic acids is 1. The van der Waals surface area contributed by atoms with Crippen LogP contribution in [0.2, 0.25) is 0 Å². The highest BCUT2D eigenvalue weighted by Gasteiger charge is 1.92. The number of unbranched alkanes of at least 4 members (excludes halogenated alkanes) is 3. The van der Waals surface area contributed by atoms with E-state index < -0.39 is 0 Å². The van der Waals surface area contributed by atoms with Gasteiger partial charge in [0.05, 0.1) is 0 Å². The zero-order valence-electron chi connectivity index (χ0n) is 12.4. The Morgan fingerprint density at radius 1 is 1.06 bits per heavy atom. The molecule has 104 valence electrons. The molecule has 2 heteroatoms. The third-order valence-electron chi connectivity index (χ3n) is 2.44. The van der Waals surface area contributed by atoms with Crippen LogP contribution in [0.15, 0.2) is 24.3 Å². The summed E-state index contributed by atoms with van der Waals surface area (Å²) >= 11 is 0. The van der Waals surface area contributed by atoms with Crippen molar-refractivity contribution < 1.29 is 4.79 Å². The van der Waals surface area contributed by atoms with Crippen molar-refractivity contribution in [2.45, 2.75) is 59.8 Å². The summed E-state index contributed by atoms with van der Waals surface area (Å²) < 4.78 is 0. The molecule has 2 N–H and O–H groups in total. The SMILES string of the molecule is CC.CCCCCCc1ccc(C)cc1.NC=O. The van der Waals surface area contributed by atoms with Crippen LogP contribution < -0.4 is 5.73 Å². The van der Waals surface area contributed by atoms with Gasteiger partial charge in [-0.05, 0) is 25.3 Å². The average Bonchev–Trinajstić information content (AvgIpc) is 2.40. The summed E-state index contributed by atoms with van der Waals surface area (Å²) in [5.41, 5.74) is 7.01. The smallest absolute Gasteiger partial charge is 0.204 e. The van der Waals surface area contributed by atoms with Gasteiger partial charge >= 0.3 is 0 Å². The molecule has 0 bridgehead atoms. The first-order valence-corrected chi connectivity index (χ1v) is 6.95. The first-order chi connectivity index (χ1) is 8.74. The molecule has 0 spiro atoms. The number of benzene rings is 1. The molecule has 18 heavy (non-hydrogen) atoms. The second kappa shape index (κ2) is 15.7. The first-order valence-electron chi connectivity index (χ1n) is 6.95. The Morgan fingerprint density at radius 3 is 2.00 bits per heavy atom. The van der Waals surface area contributed by atoms with Gasteiger partial charge in [-0.3, -0.25) is 4.79 Å². The van der Waals surface area contributed by atoms with E-state index >= 15 is 0 Å². The van der Waals surface area contributed by atoms with Crippen LogP contribution in [0.1, 0.15) is 57.6 Å². The van der Waals surface area contributed by atoms with E-state index in [-0.39, 0.29) is 6.41 Å². The second-order valence-corrected chi connectivity index (χ2v) is 3.93. The molecule has 0 atom stereocenters. The lowest BCUT2D eigenvalue weighted by atomic mass is 10.1. The maximum Gasteiger partial charge on any atom is 0.204 e. The zero-order valence-corrected chi connectivity index (χ0v) is 12.4. The predicted molar refractivity (Wildman–Crippen MR) is 80.6 cm³/mol. The number of amides is 1. The van der Waals surface area contributed by atoms with E-state index in [0.29, 0.717) is 0 Å². The third kappa shape index (κ3) is 12.8. The number of aryl methyl sites for hydroxylation is 2. The summed E-state index contributed by atoms with van der Waals surface area (Å²) in [6.45, 7) is 8.40. The predicted octanol–water partition coefficient (Wildman–Crippen LogP) is 4.25. The highest BCUT2D eigenvalue weighted by atomic mass is 16.1. The molecule has 0 saturated carbocycles. The van der Waals surface area contributed by atoms with Crippen LogP contribution in [0, 0.1) is 6.92 Å². The third-order valence-corrected chi connectivity index (χ3v) is 2.44. The van der Waals surface area contributed by atoms with Gasteiger partial charge in [-0.2, -0.15) is 0 Å². The number of primary amides is 1. The molecule has 1 aromatic carbocycles. The van der Waals surface area contributed by atoms with Gasteiger partial charge in [0.1, 0.15) is 0 Å². The van der Waals surface area contributed by atoms with Gasteiger partial charge in [-0.15, -0.1) is 0 Å². The topological polar surface area (TPSA) is 43.1 Å². The van der Waals surface area contributed by atoms with E-state index in [1.165, 1.54) is 43.2 Å². The number of hydrogen-bond acceptors (Lipinski definition) is 1. The molecule has 0 aliphatic heterocycles. The Labute approximate surface area is 113 Å². The van der Waals surface area contributed by atoms with Gasteiger partial charge in [-0.25, -0.2) is 0 Å². The standard InChI is InChI=1S/C13H20.C2H6.CH3NO/c1-3-4-5-6-7-13-10-8-12(2)9-11-13;1-2;2-1-3/h8-11H,3-7H2,1-2H3;1-2H3;1H,(H2,2,3). The molecular weight excluding hydrogens is 222 g/mol. The van der Waals surface area contributed by atoms with Crippen molar-refractivity contribution in [2.75, 3.05) is 0 Å². The van der Waals surface area contributed by atoms with Crippen LogP contribution in [0.25, 0.3) is 0 Å². The van der Waals surface area contributed by atoms with Crippen molar-refractivity contribution in [3.63, 3.8) is 0 Å². The van der Waals surface area contributed by atoms with Crippen LogP contribution >= 0.6 is 0 Å². The fourth-order valence-corrected chi connectivity index (χ4v) is 1.51. The van der Waals surface area contributed by atoms with Gasteiger partial charge in [-0.1, -0.05) is 69.9 Å². The monoisotopic (exact) mass is 251 g/mol. The molecule has 0 aliphatic rings. The largest absolute Gasteiger partial charge is 0.372 e. The van der Waals surface area contributed by atoms with Crippen LogP contribution in [0.4, 0.5) is 0 Å². The van der Waals surface area contributed by atoms with Gasteiger partial charge in [0.2, 0.25) is 6.41 Å². The zero-order chi connectivity index (χ0) is 14.2. The van der Waals surface area contributed by atoms with Gasteiger partial charge in [0.25, 0.3) is 0 Å². The number of nitrogens with two attached hydrogens (primary N) is 1. The molecule has 0 fully saturated rings. The molecule has 0 unspecified atom stereocenters. The van der Waals surface area contributed by atoms with Gasteiger partial charge in [0, 0.05) is 0 Å². The Morgan fingerprint density at radius 2 is 1.56 bits per heavy atom. The second-order valence-electron chi connectivity index (χ2n) is 3.93. The molecule has 1 amide bonds. The maximum absolute atomic E-state index is 8.58. The normalized spacial score (nSPS) is 8.44. The van der Waals surface area contributed by atoms with Crippen molar-refractivity contribution in [3.8, 4) is 0 Å². The van der Waals surface area contributed by atoms with Crippen molar-refractivity contribution in [1.82, 2.24) is 0 Å². The van der Waals surface area contributed by atoms with Crippen LogP contribution in [0.5, 0.6) is 0 Å². The molecule has 1 rings (SSSR count). The molecular formula is C16H29NO. The van der Waals surface area contributed by atoms with E-state index in [0.717, 1.165) is 0 Å². The van der Waals surface area contributed by atoms with E-state index in [1.54, 1.807) is 0 Å². The summed E-state index contributed by atoms with van der Waals surface area (Å²) in [5.74, 6) is 0. The minimum Gasteiger partial charge on any atom is -0.372 e. The maximum atomic E-state index is 8.58. The minimum absolute atomic E-state index is 0.250. The number of rotatable bonds is 5. The number of hydrogen-bond donors (Lipinski definition) is 1. The molecule has 0 aromatic heterocycles. The number of carbonyl (C=O) groups is 1. The molecule has 0 saturated heterocycles. The quantitative estimate of drug-likeness (QED) is 0.617. The minimum atomic E-state index is 0.250. The summed E-state index contributed by atoms with van der Waals surface area (Å²) in [4.78, 5) is 8.58. The molecule has 0 radical (unpaired) electrons. The van der Waals surface area contributed by atoms with E-state index in [9.17, 15) is 0 Å². The first kappa shape index (κ1) is 19.0. The fourth-order valence-electron chi connectivity index (χ4n) is 1.51. The highest BCUT2D eigenvalue weighted by molar-refractivity contribution is 5.42. The summed E-state index contributed by atoms with van der Waals surface area (Å²) in [7, 11) is 0. The lowest BCUT2D eigenvalue weighted by Crippen LogP contribution is -1.85. The fraction of sp³-hybridized carbons (Fsp3) is 0.562. The lowest BCUT2D eigenvalue weighted by molar-refractivity contribution is -0.106. The van der Waals surface area contributed by atoms with E-state index in [1.807, 2.05) is 13.8 Å². The van der Waals surface area contributed by atoms with Crippen molar-refractivity contribution in [2.24, 2.45) is 5.73 Å². The lowest BCUT2D eigenvalue weighted by Gasteiger charge is -2.01. The van der Waals surface area contributed by atoms with E-state index in [2.05, 4.69) is 43.8 Å². The Balaban J connectivity index is 0. The van der Waals surface area contributed by atoms with E-state index in [4.69, 9.17) is 4.79 Å². The molecule has 1 aromatic rings. The average molecular weight is 251 g/mol. The van der Waals surface area contributed by atoms with Crippen LogP contribution in [-0.2, 0) is 11.2 Å². The van der Waals surface area contributed by atoms with Crippen LogP contribution in [-0.4, -0.2) is 6.41 Å². The van der Waals surface area contributed by atoms with Crippen molar-refractivity contribution in [3.05, 3.63) is 35.4 Å². The van der Waals surface area contributed by atoms with Crippen molar-refractivity contribution in [1.29, 1.82) is 0 Å². The Hall–Kier alpha value is -1.31. The Bertz CT molecular complexity index is 267. The summed E-state index contributed by atoms with van der Waals surface area (Å²) in [5, 5.41) is 0. The van der Waals surface area contributed by atoms with Crippen LogP contribution in [0.3, 0.4) is 0 Å². The van der Waals surface area contributed by atoms with Crippen molar-refractivity contribution >= 4 is 6.41 Å². The van der Waals surface area contributed by atoms with Gasteiger partial charge in [0.15, 0.2) is 0 Å². The highest BCUT2D eigenvalue weighted by Crippen LogP contribution is 2.08. The van der Waals surface area contributed by atoms with Gasteiger partial charge < -0.3 is 5.73 Å². The summed E-state index contributed by atoms with van der Waals surface area (Å²) in [6, 6.07) is 8.91. The molecule has 0 heterocycles. The Kier molecular flexibility index (Phi) is 16.6.